The van der Waals surface area contributed by atoms with Gasteiger partial charge in [-0.3, -0.25) is 0 Å². The normalized spacial score (nSPS) is 11.5. The Morgan fingerprint density at radius 2 is 0.692 bits per heavy atom. The summed E-state index contributed by atoms with van der Waals surface area (Å²) in [6.45, 7) is -1.11. The van der Waals surface area contributed by atoms with Crippen LogP contribution >= 0.6 is 7.92 Å². The van der Waals surface area contributed by atoms with Crippen LogP contribution in [0.3, 0.4) is 0 Å². The van der Waals surface area contributed by atoms with E-state index in [-0.39, 0.29) is 0 Å². The van der Waals surface area contributed by atoms with Crippen LogP contribution in [0.25, 0.3) is 0 Å². The smallest absolute Gasteiger partial charge is 0.200 e. The number of halogens is 10. The van der Waals surface area contributed by atoms with Gasteiger partial charge in [0, 0.05) is 6.61 Å². The van der Waals surface area contributed by atoms with Gasteiger partial charge in [0.1, 0.15) is 0 Å². The molecule has 2 aromatic rings. The summed E-state index contributed by atoms with van der Waals surface area (Å²) in [6.07, 6.45) is -1.04. The molecule has 142 valence electrons. The highest BCUT2D eigenvalue weighted by Crippen LogP contribution is 2.40. The molecular formula is C14H5F10OP. The van der Waals surface area contributed by atoms with Crippen molar-refractivity contribution in [3.8, 4) is 0 Å². The van der Waals surface area contributed by atoms with E-state index >= 15 is 0 Å². The SMILES string of the molecule is OCCP(c1c(F)c(F)c(F)c(F)c1F)c1c(F)c(F)c(F)c(F)c1F. The van der Waals surface area contributed by atoms with Gasteiger partial charge in [-0.2, -0.15) is 0 Å². The van der Waals surface area contributed by atoms with Crippen LogP contribution in [0.1, 0.15) is 0 Å². The Hall–Kier alpha value is -1.87. The van der Waals surface area contributed by atoms with Crippen molar-refractivity contribution in [1.82, 2.24) is 0 Å². The van der Waals surface area contributed by atoms with Crippen LogP contribution in [0.15, 0.2) is 0 Å². The number of hydrogen-bond acceptors (Lipinski definition) is 1. The molecule has 0 radical (unpaired) electrons. The van der Waals surface area contributed by atoms with Crippen molar-refractivity contribution >= 4 is 18.5 Å². The van der Waals surface area contributed by atoms with Crippen molar-refractivity contribution < 1.29 is 49.0 Å². The molecule has 0 amide bonds. The summed E-state index contributed by atoms with van der Waals surface area (Å²) in [5.74, 6) is -25.0. The van der Waals surface area contributed by atoms with Gasteiger partial charge in [0.15, 0.2) is 46.5 Å². The summed E-state index contributed by atoms with van der Waals surface area (Å²) in [4.78, 5) is 0. The zero-order chi connectivity index (χ0) is 19.9. The molecular weight excluding hydrogens is 405 g/mol. The van der Waals surface area contributed by atoms with E-state index in [9.17, 15) is 43.9 Å². The first-order valence-corrected chi connectivity index (χ1v) is 8.00. The fraction of sp³-hybridized carbons (Fsp3) is 0.143. The molecule has 12 heteroatoms. The van der Waals surface area contributed by atoms with Crippen LogP contribution in [0.2, 0.25) is 0 Å². The first-order valence-electron chi connectivity index (χ1n) is 6.47. The lowest BCUT2D eigenvalue weighted by molar-refractivity contribution is 0.321. The maximum atomic E-state index is 13.9. The lowest BCUT2D eigenvalue weighted by Crippen LogP contribution is -2.30. The zero-order valence-electron chi connectivity index (χ0n) is 12.1. The van der Waals surface area contributed by atoms with Gasteiger partial charge in [0.25, 0.3) is 0 Å². The zero-order valence-corrected chi connectivity index (χ0v) is 13.0. The summed E-state index contributed by atoms with van der Waals surface area (Å²) in [5.41, 5.74) is 0. The quantitative estimate of drug-likeness (QED) is 0.354. The van der Waals surface area contributed by atoms with Gasteiger partial charge < -0.3 is 5.11 Å². The lowest BCUT2D eigenvalue weighted by atomic mass is 10.3. The Morgan fingerprint density at radius 3 is 0.923 bits per heavy atom. The Balaban J connectivity index is 2.91. The fourth-order valence-electron chi connectivity index (χ4n) is 2.10. The van der Waals surface area contributed by atoms with Crippen LogP contribution < -0.4 is 10.6 Å². The molecule has 0 spiro atoms. The predicted octanol–water partition coefficient (Wildman–Crippen LogP) is 3.50. The second kappa shape index (κ2) is 7.40. The molecule has 0 aromatic heterocycles. The van der Waals surface area contributed by atoms with Crippen molar-refractivity contribution in [3.05, 3.63) is 58.2 Å². The lowest BCUT2D eigenvalue weighted by Gasteiger charge is -2.21. The first kappa shape index (κ1) is 20.4. The van der Waals surface area contributed by atoms with E-state index in [1.807, 2.05) is 0 Å². The highest BCUT2D eigenvalue weighted by molar-refractivity contribution is 7.73. The summed E-state index contributed by atoms with van der Waals surface area (Å²) in [6, 6.07) is 0. The van der Waals surface area contributed by atoms with E-state index in [4.69, 9.17) is 5.11 Å². The van der Waals surface area contributed by atoms with Gasteiger partial charge in [-0.25, -0.2) is 43.9 Å². The summed E-state index contributed by atoms with van der Waals surface area (Å²) in [7, 11) is -3.37. The molecule has 26 heavy (non-hydrogen) atoms. The minimum atomic E-state index is -3.37. The minimum Gasteiger partial charge on any atom is -0.396 e. The molecule has 0 saturated heterocycles. The van der Waals surface area contributed by atoms with Crippen molar-refractivity contribution in [3.63, 3.8) is 0 Å². The van der Waals surface area contributed by atoms with E-state index in [0.29, 0.717) is 0 Å². The Morgan fingerprint density at radius 1 is 0.462 bits per heavy atom. The Bertz CT molecular complexity index is 757. The van der Waals surface area contributed by atoms with E-state index in [2.05, 4.69) is 0 Å². The molecule has 0 aliphatic heterocycles. The van der Waals surface area contributed by atoms with Gasteiger partial charge in [0.05, 0.1) is 10.6 Å². The summed E-state index contributed by atoms with van der Waals surface area (Å²) >= 11 is 0. The fourth-order valence-corrected chi connectivity index (χ4v) is 4.31. The van der Waals surface area contributed by atoms with Gasteiger partial charge in [0.2, 0.25) is 11.6 Å². The summed E-state index contributed by atoms with van der Waals surface area (Å²) < 4.78 is 135. The maximum absolute atomic E-state index is 13.9. The molecule has 0 fully saturated rings. The average molecular weight is 410 g/mol. The van der Waals surface area contributed by atoms with E-state index < -0.39 is 89.5 Å². The van der Waals surface area contributed by atoms with Crippen LogP contribution in [-0.4, -0.2) is 17.9 Å². The van der Waals surface area contributed by atoms with Crippen LogP contribution in [0.5, 0.6) is 0 Å². The molecule has 2 rings (SSSR count). The topological polar surface area (TPSA) is 20.2 Å². The van der Waals surface area contributed by atoms with E-state index in [1.54, 1.807) is 0 Å². The van der Waals surface area contributed by atoms with Crippen LogP contribution in [0.4, 0.5) is 43.9 Å². The third-order valence-electron chi connectivity index (χ3n) is 3.24. The number of benzene rings is 2. The van der Waals surface area contributed by atoms with Gasteiger partial charge in [-0.1, -0.05) is 0 Å². The summed E-state index contributed by atoms with van der Waals surface area (Å²) in [5, 5.41) is 5.37. The molecule has 0 aliphatic rings. The standard InChI is InChI=1S/C14H5F10OP/c15-3-5(17)9(21)13(10(22)6(3)18)26(2-1-25)14-11(23)7(19)4(16)8(20)12(14)24/h25H,1-2H2. The number of hydrogen-bond donors (Lipinski definition) is 1. The van der Waals surface area contributed by atoms with Crippen molar-refractivity contribution in [2.75, 3.05) is 12.8 Å². The Kier molecular flexibility index (Phi) is 5.82. The minimum absolute atomic E-state index is 1.04. The molecule has 0 aliphatic carbocycles. The van der Waals surface area contributed by atoms with E-state index in [0.717, 1.165) is 0 Å². The van der Waals surface area contributed by atoms with Crippen molar-refractivity contribution in [1.29, 1.82) is 0 Å². The second-order valence-corrected chi connectivity index (χ2v) is 6.91. The third kappa shape index (κ3) is 3.03. The first-order chi connectivity index (χ1) is 12.1. The molecule has 1 N–H and O–H groups in total. The molecule has 0 bridgehead atoms. The van der Waals surface area contributed by atoms with Crippen LogP contribution in [-0.2, 0) is 0 Å². The highest BCUT2D eigenvalue weighted by Gasteiger charge is 2.36. The molecule has 0 atom stereocenters. The second-order valence-electron chi connectivity index (χ2n) is 4.71. The monoisotopic (exact) mass is 410 g/mol. The largest absolute Gasteiger partial charge is 0.396 e. The number of rotatable bonds is 4. The molecule has 0 unspecified atom stereocenters. The predicted molar refractivity (Wildman–Crippen MR) is 70.6 cm³/mol. The van der Waals surface area contributed by atoms with Crippen molar-refractivity contribution in [2.45, 2.75) is 0 Å². The van der Waals surface area contributed by atoms with E-state index in [1.165, 1.54) is 0 Å². The number of aliphatic hydroxyl groups is 1. The molecule has 0 saturated carbocycles. The Labute approximate surface area is 139 Å². The molecule has 0 heterocycles. The maximum Gasteiger partial charge on any atom is 0.200 e. The van der Waals surface area contributed by atoms with Crippen LogP contribution in [0, 0.1) is 58.2 Å². The van der Waals surface area contributed by atoms with Gasteiger partial charge in [-0.15, -0.1) is 0 Å². The molecule has 1 nitrogen and oxygen atoms in total. The van der Waals surface area contributed by atoms with Gasteiger partial charge >= 0.3 is 0 Å². The molecule has 2 aromatic carbocycles. The number of aliphatic hydroxyl groups excluding tert-OH is 1. The average Bonchev–Trinajstić information content (AvgIpc) is 2.61. The third-order valence-corrected chi connectivity index (χ3v) is 5.75. The van der Waals surface area contributed by atoms with Gasteiger partial charge in [-0.05, 0) is 14.1 Å². The van der Waals surface area contributed by atoms with Crippen molar-refractivity contribution in [2.24, 2.45) is 0 Å². The highest BCUT2D eigenvalue weighted by atomic mass is 31.1.